The Balaban J connectivity index is 0.000000371. The first-order chi connectivity index (χ1) is 4.79. The van der Waals surface area contributed by atoms with Crippen LogP contribution in [0.3, 0.4) is 0 Å². The Morgan fingerprint density at radius 3 is 2.40 bits per heavy atom. The van der Waals surface area contributed by atoms with E-state index in [9.17, 15) is 4.39 Å². The van der Waals surface area contributed by atoms with E-state index in [0.29, 0.717) is 6.42 Å². The van der Waals surface area contributed by atoms with E-state index in [1.54, 1.807) is 0 Å². The molecule has 0 saturated heterocycles. The Morgan fingerprint density at radius 1 is 1.50 bits per heavy atom. The summed E-state index contributed by atoms with van der Waals surface area (Å²) < 4.78 is 12.2. The second kappa shape index (κ2) is 5.54. The lowest BCUT2D eigenvalue weighted by molar-refractivity contribution is 0.587. The highest BCUT2D eigenvalue weighted by atomic mass is 32.1. The molecule has 1 rings (SSSR count). The summed E-state index contributed by atoms with van der Waals surface area (Å²) in [6.45, 7) is 4.00. The zero-order valence-electron chi connectivity index (χ0n) is 6.39. The monoisotopic (exact) mass is 160 g/mol. The largest absolute Gasteiger partial charge is 0.212 e. The molecule has 0 unspecified atom stereocenters. The molecule has 1 aliphatic carbocycles. The third-order valence-electron chi connectivity index (χ3n) is 1.04. The van der Waals surface area contributed by atoms with Gasteiger partial charge in [0, 0.05) is 11.3 Å². The van der Waals surface area contributed by atoms with Gasteiger partial charge in [-0.25, -0.2) is 4.39 Å². The lowest BCUT2D eigenvalue weighted by Gasteiger charge is -2.00. The molecular weight excluding hydrogens is 147 g/mol. The van der Waals surface area contributed by atoms with Crippen molar-refractivity contribution in [1.29, 1.82) is 0 Å². The van der Waals surface area contributed by atoms with E-state index in [0.717, 1.165) is 11.3 Å². The molecule has 0 aromatic heterocycles. The van der Waals surface area contributed by atoms with Crippen LogP contribution >= 0.6 is 12.6 Å². The second-order valence-electron chi connectivity index (χ2n) is 1.76. The number of hydrogen-bond donors (Lipinski definition) is 1. The quantitative estimate of drug-likeness (QED) is 0.515. The van der Waals surface area contributed by atoms with Crippen LogP contribution in [0.15, 0.2) is 22.9 Å². The maximum Gasteiger partial charge on any atom is 0.101 e. The maximum absolute atomic E-state index is 12.2. The van der Waals surface area contributed by atoms with E-state index in [1.165, 1.54) is 6.08 Å². The van der Waals surface area contributed by atoms with E-state index in [1.807, 2.05) is 19.9 Å². The van der Waals surface area contributed by atoms with Gasteiger partial charge in [-0.1, -0.05) is 19.9 Å². The molecule has 58 valence electrons. The van der Waals surface area contributed by atoms with Crippen molar-refractivity contribution in [3.8, 4) is 0 Å². The van der Waals surface area contributed by atoms with E-state index in [-0.39, 0.29) is 5.83 Å². The molecule has 0 aromatic rings. The molecule has 0 nitrogen and oxygen atoms in total. The highest BCUT2D eigenvalue weighted by Crippen LogP contribution is 2.19. The number of hydrogen-bond acceptors (Lipinski definition) is 1. The van der Waals surface area contributed by atoms with Gasteiger partial charge in [0.05, 0.1) is 0 Å². The zero-order valence-corrected chi connectivity index (χ0v) is 7.29. The predicted molar refractivity (Wildman–Crippen MR) is 46.8 cm³/mol. The lowest BCUT2D eigenvalue weighted by Crippen LogP contribution is -1.81. The van der Waals surface area contributed by atoms with Crippen LogP contribution < -0.4 is 0 Å². The summed E-state index contributed by atoms with van der Waals surface area (Å²) in [5.41, 5.74) is 0. The summed E-state index contributed by atoms with van der Waals surface area (Å²) in [7, 11) is 0. The van der Waals surface area contributed by atoms with E-state index in [2.05, 4.69) is 12.6 Å². The number of rotatable bonds is 0. The molecule has 0 heterocycles. The molecule has 0 spiro atoms. The maximum atomic E-state index is 12.2. The van der Waals surface area contributed by atoms with Crippen molar-refractivity contribution in [2.75, 3.05) is 0 Å². The van der Waals surface area contributed by atoms with E-state index < -0.39 is 0 Å². The third kappa shape index (κ3) is 3.72. The molecule has 10 heavy (non-hydrogen) atoms. The smallest absolute Gasteiger partial charge is 0.101 e. The Morgan fingerprint density at radius 2 is 2.10 bits per heavy atom. The second-order valence-corrected chi connectivity index (χ2v) is 2.28. The minimum atomic E-state index is -0.0579. The summed E-state index contributed by atoms with van der Waals surface area (Å²) in [4.78, 5) is 0.744. The first-order valence-corrected chi connectivity index (χ1v) is 3.99. The molecule has 0 aromatic carbocycles. The van der Waals surface area contributed by atoms with Crippen molar-refractivity contribution in [3.63, 3.8) is 0 Å². The normalized spacial score (nSPS) is 16.4. The molecule has 0 N–H and O–H groups in total. The van der Waals surface area contributed by atoms with E-state index >= 15 is 0 Å². The summed E-state index contributed by atoms with van der Waals surface area (Å²) in [6.07, 6.45) is 4.70. The Hall–Kier alpha value is -0.240. The van der Waals surface area contributed by atoms with Gasteiger partial charge in [-0.05, 0) is 12.5 Å². The number of allylic oxidation sites excluding steroid dienone is 3. The van der Waals surface area contributed by atoms with Crippen molar-refractivity contribution in [2.24, 2.45) is 0 Å². The third-order valence-corrected chi connectivity index (χ3v) is 1.35. The molecule has 0 fully saturated rings. The average Bonchev–Trinajstić information content (AvgIpc) is 1.91. The van der Waals surface area contributed by atoms with E-state index in [4.69, 9.17) is 0 Å². The molecular formula is C8H13FS. The molecule has 0 aliphatic heterocycles. The van der Waals surface area contributed by atoms with Crippen LogP contribution in [0.2, 0.25) is 0 Å². The van der Waals surface area contributed by atoms with Gasteiger partial charge in [0.25, 0.3) is 0 Å². The highest BCUT2D eigenvalue weighted by molar-refractivity contribution is 7.84. The van der Waals surface area contributed by atoms with Crippen LogP contribution in [-0.4, -0.2) is 0 Å². The minimum absolute atomic E-state index is 0.0579. The summed E-state index contributed by atoms with van der Waals surface area (Å²) in [5.74, 6) is -0.0579. The van der Waals surface area contributed by atoms with Crippen molar-refractivity contribution < 1.29 is 4.39 Å². The fourth-order valence-electron chi connectivity index (χ4n) is 0.649. The van der Waals surface area contributed by atoms with Crippen molar-refractivity contribution in [1.82, 2.24) is 0 Å². The molecule has 0 atom stereocenters. The first kappa shape index (κ1) is 9.76. The fraction of sp³-hybridized carbons (Fsp3) is 0.500. The summed E-state index contributed by atoms with van der Waals surface area (Å²) in [6, 6.07) is 0. The van der Waals surface area contributed by atoms with Gasteiger partial charge in [-0.2, -0.15) is 0 Å². The average molecular weight is 160 g/mol. The number of halogens is 1. The van der Waals surface area contributed by atoms with Crippen molar-refractivity contribution in [2.45, 2.75) is 26.7 Å². The van der Waals surface area contributed by atoms with Crippen molar-refractivity contribution >= 4 is 12.6 Å². The topological polar surface area (TPSA) is 0 Å². The molecule has 0 radical (unpaired) electrons. The lowest BCUT2D eigenvalue weighted by atomic mass is 10.2. The number of thiol groups is 1. The van der Waals surface area contributed by atoms with Crippen LogP contribution in [-0.2, 0) is 0 Å². The van der Waals surface area contributed by atoms with Crippen LogP contribution in [0, 0.1) is 0 Å². The van der Waals surface area contributed by atoms with Crippen molar-refractivity contribution in [3.05, 3.63) is 22.9 Å². The van der Waals surface area contributed by atoms with Crippen LogP contribution in [0.25, 0.3) is 0 Å². The first-order valence-electron chi connectivity index (χ1n) is 3.54. The van der Waals surface area contributed by atoms with Gasteiger partial charge in [-0.3, -0.25) is 0 Å². The molecule has 2 heteroatoms. The summed E-state index contributed by atoms with van der Waals surface area (Å²) in [5, 5.41) is 0. The van der Waals surface area contributed by atoms with Crippen LogP contribution in [0.5, 0.6) is 0 Å². The molecule has 1 aliphatic rings. The van der Waals surface area contributed by atoms with Crippen LogP contribution in [0.4, 0.5) is 4.39 Å². The summed E-state index contributed by atoms with van der Waals surface area (Å²) >= 11 is 3.97. The van der Waals surface area contributed by atoms with Gasteiger partial charge in [0.15, 0.2) is 0 Å². The van der Waals surface area contributed by atoms with Gasteiger partial charge >= 0.3 is 0 Å². The van der Waals surface area contributed by atoms with Gasteiger partial charge in [0.2, 0.25) is 0 Å². The molecule has 0 bridgehead atoms. The van der Waals surface area contributed by atoms with Crippen LogP contribution in [0.1, 0.15) is 26.7 Å². The standard InChI is InChI=1S/C6H7FS.C2H6/c7-5-2-1-3-6(8)4-5;1-2/h3-4,8H,1-2H2;1-2H3. The SMILES string of the molecule is CC.FC1=CC(S)=CCC1. The minimum Gasteiger partial charge on any atom is -0.212 e. The molecule has 0 saturated carbocycles. The van der Waals surface area contributed by atoms with Gasteiger partial charge in [0.1, 0.15) is 5.83 Å². The Labute approximate surface area is 67.2 Å². The van der Waals surface area contributed by atoms with Gasteiger partial charge < -0.3 is 0 Å². The predicted octanol–water partition coefficient (Wildman–Crippen LogP) is 3.47. The zero-order chi connectivity index (χ0) is 7.98. The fourth-order valence-corrected chi connectivity index (χ4v) is 0.919. The Bertz CT molecular complexity index is 147. The Kier molecular flexibility index (Phi) is 5.40. The van der Waals surface area contributed by atoms with Gasteiger partial charge in [-0.15, -0.1) is 12.6 Å². The molecule has 0 amide bonds. The highest BCUT2D eigenvalue weighted by Gasteiger charge is 1.99.